The quantitative estimate of drug-likeness (QED) is 0.867. The summed E-state index contributed by atoms with van der Waals surface area (Å²) in [7, 11) is 0. The molecular weight excluding hydrogens is 322 g/mol. The fourth-order valence-corrected chi connectivity index (χ4v) is 2.96. The predicted octanol–water partition coefficient (Wildman–Crippen LogP) is 2.11. The van der Waals surface area contributed by atoms with Crippen LogP contribution in [0, 0.1) is 5.92 Å². The molecule has 0 spiro atoms. The lowest BCUT2D eigenvalue weighted by Crippen LogP contribution is -2.21. The van der Waals surface area contributed by atoms with Crippen molar-refractivity contribution in [3.05, 3.63) is 22.7 Å². The number of ether oxygens (including phenoxy) is 1. The third-order valence-electron chi connectivity index (χ3n) is 3.48. The van der Waals surface area contributed by atoms with Crippen LogP contribution in [0.5, 0.6) is 0 Å². The van der Waals surface area contributed by atoms with Crippen LogP contribution in [0.4, 0.5) is 5.69 Å². The Morgan fingerprint density at radius 1 is 1.30 bits per heavy atom. The summed E-state index contributed by atoms with van der Waals surface area (Å²) in [4.78, 5) is 0. The number of hydrogen-bond donors (Lipinski definition) is 1. The van der Waals surface area contributed by atoms with Crippen molar-refractivity contribution in [3.63, 3.8) is 0 Å². The first kappa shape index (κ1) is 13.5. The largest absolute Gasteiger partial charge is 0.399 e. The molecule has 1 aliphatic heterocycles. The van der Waals surface area contributed by atoms with E-state index in [0.29, 0.717) is 11.6 Å². The van der Waals surface area contributed by atoms with Crippen LogP contribution in [0.3, 0.4) is 0 Å². The Bertz CT molecular complexity index is 574. The number of hydrogen-bond acceptors (Lipinski definition) is 5. The van der Waals surface area contributed by atoms with Crippen molar-refractivity contribution < 1.29 is 4.74 Å². The van der Waals surface area contributed by atoms with Crippen molar-refractivity contribution >= 4 is 21.6 Å². The second-order valence-corrected chi connectivity index (χ2v) is 5.93. The highest BCUT2D eigenvalue weighted by molar-refractivity contribution is 9.10. The maximum atomic E-state index is 5.88. The highest BCUT2D eigenvalue weighted by Crippen LogP contribution is 2.25. The average Bonchev–Trinajstić information content (AvgIpc) is 2.87. The predicted molar refractivity (Wildman–Crippen MR) is 78.9 cm³/mol. The maximum absolute atomic E-state index is 5.88. The molecule has 0 atom stereocenters. The molecule has 0 unspecified atom stereocenters. The molecule has 0 bridgehead atoms. The molecule has 2 heterocycles. The van der Waals surface area contributed by atoms with Crippen molar-refractivity contribution in [2.24, 2.45) is 5.92 Å². The van der Waals surface area contributed by atoms with Gasteiger partial charge in [0.05, 0.1) is 0 Å². The van der Waals surface area contributed by atoms with Crippen molar-refractivity contribution in [2.75, 3.05) is 18.9 Å². The first-order chi connectivity index (χ1) is 9.72. The van der Waals surface area contributed by atoms with E-state index in [0.717, 1.165) is 48.5 Å². The van der Waals surface area contributed by atoms with Crippen molar-refractivity contribution in [1.29, 1.82) is 0 Å². The molecule has 0 saturated carbocycles. The molecule has 7 heteroatoms. The Balaban J connectivity index is 1.85. The fraction of sp³-hybridized carbons (Fsp3) is 0.462. The van der Waals surface area contributed by atoms with E-state index in [4.69, 9.17) is 10.5 Å². The number of rotatable bonds is 3. The Morgan fingerprint density at radius 3 is 2.85 bits per heavy atom. The molecule has 20 heavy (non-hydrogen) atoms. The van der Waals surface area contributed by atoms with Gasteiger partial charge in [0.2, 0.25) is 0 Å². The zero-order valence-corrected chi connectivity index (χ0v) is 12.6. The van der Waals surface area contributed by atoms with Crippen LogP contribution in [-0.4, -0.2) is 33.4 Å². The number of halogens is 1. The van der Waals surface area contributed by atoms with Crippen LogP contribution in [0.15, 0.2) is 22.7 Å². The Kier molecular flexibility index (Phi) is 3.98. The normalized spacial score (nSPS) is 16.4. The van der Waals surface area contributed by atoms with E-state index in [9.17, 15) is 0 Å². The van der Waals surface area contributed by atoms with Gasteiger partial charge in [0, 0.05) is 35.5 Å². The number of tetrazole rings is 1. The Morgan fingerprint density at radius 2 is 2.10 bits per heavy atom. The van der Waals surface area contributed by atoms with E-state index in [-0.39, 0.29) is 0 Å². The number of benzene rings is 1. The van der Waals surface area contributed by atoms with E-state index in [2.05, 4.69) is 31.5 Å². The molecule has 0 aliphatic carbocycles. The van der Waals surface area contributed by atoms with E-state index >= 15 is 0 Å². The lowest BCUT2D eigenvalue weighted by Gasteiger charge is -2.21. The van der Waals surface area contributed by atoms with Gasteiger partial charge in [-0.25, -0.2) is 4.68 Å². The van der Waals surface area contributed by atoms with E-state index in [1.54, 1.807) is 0 Å². The average molecular weight is 338 g/mol. The van der Waals surface area contributed by atoms with Gasteiger partial charge in [-0.15, -0.1) is 5.10 Å². The lowest BCUT2D eigenvalue weighted by atomic mass is 10.0. The molecule has 1 saturated heterocycles. The third-order valence-corrected chi connectivity index (χ3v) is 3.94. The standard InChI is InChI=1S/C13H16BrN5O/c14-11-5-10(6-12(15)7-11)13-16-17-18-19(13)8-9-1-3-20-4-2-9/h5-7,9H,1-4,8,15H2. The van der Waals surface area contributed by atoms with Gasteiger partial charge in [0.25, 0.3) is 0 Å². The minimum Gasteiger partial charge on any atom is -0.399 e. The molecule has 1 aliphatic rings. The summed E-state index contributed by atoms with van der Waals surface area (Å²) in [6, 6.07) is 5.72. The topological polar surface area (TPSA) is 78.9 Å². The molecule has 6 nitrogen and oxygen atoms in total. The van der Waals surface area contributed by atoms with Gasteiger partial charge in [-0.1, -0.05) is 15.9 Å². The monoisotopic (exact) mass is 337 g/mol. The molecular formula is C13H16BrN5O. The van der Waals surface area contributed by atoms with Crippen molar-refractivity contribution in [2.45, 2.75) is 19.4 Å². The van der Waals surface area contributed by atoms with Gasteiger partial charge in [-0.3, -0.25) is 0 Å². The maximum Gasteiger partial charge on any atom is 0.182 e. The second-order valence-electron chi connectivity index (χ2n) is 5.01. The van der Waals surface area contributed by atoms with Crippen molar-refractivity contribution in [3.8, 4) is 11.4 Å². The molecule has 2 aromatic rings. The van der Waals surface area contributed by atoms with Crippen LogP contribution in [-0.2, 0) is 11.3 Å². The van der Waals surface area contributed by atoms with Crippen LogP contribution in [0.25, 0.3) is 11.4 Å². The first-order valence-corrected chi connectivity index (χ1v) is 7.42. The van der Waals surface area contributed by atoms with E-state index in [1.807, 2.05) is 22.9 Å². The molecule has 1 aromatic carbocycles. The van der Waals surface area contributed by atoms with Crippen LogP contribution < -0.4 is 5.73 Å². The van der Waals surface area contributed by atoms with Gasteiger partial charge in [0.15, 0.2) is 5.82 Å². The molecule has 3 rings (SSSR count). The van der Waals surface area contributed by atoms with Gasteiger partial charge in [0.1, 0.15) is 0 Å². The molecule has 0 radical (unpaired) electrons. The van der Waals surface area contributed by atoms with Gasteiger partial charge >= 0.3 is 0 Å². The van der Waals surface area contributed by atoms with Gasteiger partial charge in [-0.2, -0.15) is 0 Å². The molecule has 106 valence electrons. The highest BCUT2D eigenvalue weighted by Gasteiger charge is 2.18. The van der Waals surface area contributed by atoms with Gasteiger partial charge in [-0.05, 0) is 47.4 Å². The second kappa shape index (κ2) is 5.88. The van der Waals surface area contributed by atoms with Crippen LogP contribution >= 0.6 is 15.9 Å². The summed E-state index contributed by atoms with van der Waals surface area (Å²) in [5.74, 6) is 1.32. The lowest BCUT2D eigenvalue weighted by molar-refractivity contribution is 0.0601. The third kappa shape index (κ3) is 2.99. The summed E-state index contributed by atoms with van der Waals surface area (Å²) in [5, 5.41) is 12.0. The minimum absolute atomic E-state index is 0.565. The van der Waals surface area contributed by atoms with Crippen molar-refractivity contribution in [1.82, 2.24) is 20.2 Å². The summed E-state index contributed by atoms with van der Waals surface area (Å²) < 4.78 is 8.16. The fourth-order valence-electron chi connectivity index (χ4n) is 2.45. The number of nitrogens with two attached hydrogens (primary N) is 1. The highest BCUT2D eigenvalue weighted by atomic mass is 79.9. The summed E-state index contributed by atoms with van der Waals surface area (Å²) in [6.45, 7) is 2.47. The number of nitrogens with zero attached hydrogens (tertiary/aromatic N) is 4. The van der Waals surface area contributed by atoms with E-state index in [1.165, 1.54) is 0 Å². The van der Waals surface area contributed by atoms with E-state index < -0.39 is 0 Å². The number of nitrogen functional groups attached to an aromatic ring is 1. The molecule has 1 aromatic heterocycles. The zero-order chi connectivity index (χ0) is 13.9. The molecule has 1 fully saturated rings. The summed E-state index contributed by atoms with van der Waals surface area (Å²) in [6.07, 6.45) is 2.11. The summed E-state index contributed by atoms with van der Waals surface area (Å²) >= 11 is 3.45. The Labute approximate surface area is 125 Å². The van der Waals surface area contributed by atoms with Crippen LogP contribution in [0.2, 0.25) is 0 Å². The summed E-state index contributed by atoms with van der Waals surface area (Å²) in [5.41, 5.74) is 7.49. The van der Waals surface area contributed by atoms with Gasteiger partial charge < -0.3 is 10.5 Å². The smallest absolute Gasteiger partial charge is 0.182 e. The molecule has 2 N–H and O–H groups in total. The SMILES string of the molecule is Nc1cc(Br)cc(-c2nnnn2CC2CCOCC2)c1. The first-order valence-electron chi connectivity index (χ1n) is 6.63. The zero-order valence-electron chi connectivity index (χ0n) is 11.0. The number of aromatic nitrogens is 4. The van der Waals surface area contributed by atoms with Crippen LogP contribution in [0.1, 0.15) is 12.8 Å². The number of anilines is 1. The molecule has 0 amide bonds. The Hall–Kier alpha value is -1.47. The minimum atomic E-state index is 0.565.